The third kappa shape index (κ3) is 3.94. The lowest BCUT2D eigenvalue weighted by Crippen LogP contribution is -2.31. The van der Waals surface area contributed by atoms with Crippen LogP contribution in [0.4, 0.5) is 10.5 Å². The Morgan fingerprint density at radius 2 is 2.18 bits per heavy atom. The van der Waals surface area contributed by atoms with Crippen molar-refractivity contribution >= 4 is 23.1 Å². The molecule has 2 heterocycles. The van der Waals surface area contributed by atoms with Crippen molar-refractivity contribution in [1.82, 2.24) is 15.3 Å². The molecule has 1 atom stereocenters. The number of thiazole rings is 1. The zero-order valence-corrected chi connectivity index (χ0v) is 14.0. The molecule has 0 aliphatic heterocycles. The number of methoxy groups -OCH3 is 1. The predicted molar refractivity (Wildman–Crippen MR) is 87.6 cm³/mol. The van der Waals surface area contributed by atoms with E-state index in [0.717, 1.165) is 17.1 Å². The van der Waals surface area contributed by atoms with Crippen LogP contribution in [0.2, 0.25) is 0 Å². The topological polar surface area (TPSA) is 76.1 Å². The van der Waals surface area contributed by atoms with Gasteiger partial charge in [-0.25, -0.2) is 14.8 Å². The van der Waals surface area contributed by atoms with Crippen molar-refractivity contribution < 1.29 is 9.53 Å². The lowest BCUT2D eigenvalue weighted by atomic mass is 10.2. The number of pyridine rings is 1. The van der Waals surface area contributed by atoms with Gasteiger partial charge in [-0.1, -0.05) is 6.92 Å². The molecule has 0 aliphatic rings. The summed E-state index contributed by atoms with van der Waals surface area (Å²) in [6, 6.07) is 3.04. The van der Waals surface area contributed by atoms with Crippen molar-refractivity contribution in [3.63, 3.8) is 0 Å². The maximum atomic E-state index is 12.1. The minimum atomic E-state index is -0.284. The Bertz CT molecular complexity index is 657. The maximum Gasteiger partial charge on any atom is 0.319 e. The summed E-state index contributed by atoms with van der Waals surface area (Å²) in [5.74, 6) is 0.520. The fraction of sp³-hybridized carbons (Fsp3) is 0.400. The van der Waals surface area contributed by atoms with Crippen molar-refractivity contribution in [2.75, 3.05) is 12.4 Å². The average Bonchev–Trinajstić information content (AvgIpc) is 2.98. The molecule has 2 N–H and O–H groups in total. The first-order chi connectivity index (χ1) is 10.5. The van der Waals surface area contributed by atoms with E-state index in [1.165, 1.54) is 0 Å². The zero-order valence-electron chi connectivity index (χ0n) is 13.1. The first-order valence-corrected chi connectivity index (χ1v) is 7.95. The number of hydrogen-bond donors (Lipinski definition) is 2. The normalized spacial score (nSPS) is 11.8. The fourth-order valence-corrected chi connectivity index (χ4v) is 2.74. The highest BCUT2D eigenvalue weighted by Crippen LogP contribution is 2.19. The number of carbonyl (C=O) groups excluding carboxylic acids is 1. The number of aryl methyl sites for hydroxylation is 2. The number of nitrogens with one attached hydrogen (secondary N) is 2. The lowest BCUT2D eigenvalue weighted by molar-refractivity contribution is 0.249. The molecular formula is C15H20N4O2S. The number of anilines is 1. The van der Waals surface area contributed by atoms with Crippen LogP contribution in [0.1, 0.15) is 36.3 Å². The number of nitrogens with zero attached hydrogens (tertiary/aromatic N) is 2. The molecule has 0 spiro atoms. The number of hydrogen-bond acceptors (Lipinski definition) is 5. The standard InChI is InChI=1S/C15H20N4O2S/c1-5-14-18-12(8-22-14)10(3)17-15(20)19-11-6-7-13(21-4)16-9(11)2/h6-8,10H,5H2,1-4H3,(H2,17,19,20)/t10-/m1/s1. The molecular weight excluding hydrogens is 300 g/mol. The molecule has 2 aromatic heterocycles. The van der Waals surface area contributed by atoms with E-state index in [9.17, 15) is 4.79 Å². The van der Waals surface area contributed by atoms with Gasteiger partial charge < -0.3 is 15.4 Å². The van der Waals surface area contributed by atoms with Crippen LogP contribution in [0.25, 0.3) is 0 Å². The van der Waals surface area contributed by atoms with Crippen LogP contribution in [-0.4, -0.2) is 23.1 Å². The Labute approximate surface area is 133 Å². The third-order valence-corrected chi connectivity index (χ3v) is 4.19. The molecule has 0 unspecified atom stereocenters. The van der Waals surface area contributed by atoms with Crippen molar-refractivity contribution in [1.29, 1.82) is 0 Å². The number of amides is 2. The molecule has 22 heavy (non-hydrogen) atoms. The molecule has 0 saturated carbocycles. The molecule has 0 aliphatic carbocycles. The van der Waals surface area contributed by atoms with Gasteiger partial charge >= 0.3 is 6.03 Å². The van der Waals surface area contributed by atoms with E-state index in [1.54, 1.807) is 30.6 Å². The van der Waals surface area contributed by atoms with E-state index >= 15 is 0 Å². The Morgan fingerprint density at radius 1 is 1.41 bits per heavy atom. The molecule has 0 radical (unpaired) electrons. The fourth-order valence-electron chi connectivity index (χ4n) is 1.90. The van der Waals surface area contributed by atoms with Gasteiger partial charge in [-0.2, -0.15) is 0 Å². The average molecular weight is 320 g/mol. The molecule has 2 aromatic rings. The smallest absolute Gasteiger partial charge is 0.319 e. The largest absolute Gasteiger partial charge is 0.481 e. The predicted octanol–water partition coefficient (Wildman–Crippen LogP) is 3.30. The van der Waals surface area contributed by atoms with Gasteiger partial charge in [0.25, 0.3) is 0 Å². The summed E-state index contributed by atoms with van der Waals surface area (Å²) in [6.07, 6.45) is 0.903. The van der Waals surface area contributed by atoms with E-state index in [-0.39, 0.29) is 12.1 Å². The molecule has 0 saturated heterocycles. The molecule has 6 nitrogen and oxygen atoms in total. The van der Waals surface area contributed by atoms with Crippen LogP contribution in [-0.2, 0) is 6.42 Å². The highest BCUT2D eigenvalue weighted by Gasteiger charge is 2.13. The van der Waals surface area contributed by atoms with E-state index in [0.29, 0.717) is 17.3 Å². The molecule has 0 bridgehead atoms. The number of carbonyl (C=O) groups is 1. The van der Waals surface area contributed by atoms with Crippen LogP contribution in [0.5, 0.6) is 5.88 Å². The summed E-state index contributed by atoms with van der Waals surface area (Å²) < 4.78 is 5.04. The van der Waals surface area contributed by atoms with E-state index in [2.05, 4.69) is 27.5 Å². The van der Waals surface area contributed by atoms with E-state index < -0.39 is 0 Å². The molecule has 118 valence electrons. The van der Waals surface area contributed by atoms with Gasteiger partial charge in [0, 0.05) is 11.4 Å². The summed E-state index contributed by atoms with van der Waals surface area (Å²) >= 11 is 1.61. The Hall–Kier alpha value is -2.15. The molecule has 0 aromatic carbocycles. The second-order valence-corrected chi connectivity index (χ2v) is 5.77. The van der Waals surface area contributed by atoms with Gasteiger partial charge in [-0.15, -0.1) is 11.3 Å². The van der Waals surface area contributed by atoms with Crippen molar-refractivity contribution in [3.8, 4) is 5.88 Å². The van der Waals surface area contributed by atoms with Gasteiger partial charge in [0.05, 0.1) is 35.2 Å². The number of rotatable bonds is 5. The Kier molecular flexibility index (Phi) is 5.32. The maximum absolute atomic E-state index is 12.1. The lowest BCUT2D eigenvalue weighted by Gasteiger charge is -2.14. The quantitative estimate of drug-likeness (QED) is 0.886. The number of ether oxygens (including phenoxy) is 1. The molecule has 2 rings (SSSR count). The summed E-state index contributed by atoms with van der Waals surface area (Å²) in [5, 5.41) is 8.71. The third-order valence-electron chi connectivity index (χ3n) is 3.18. The highest BCUT2D eigenvalue weighted by atomic mass is 32.1. The second kappa shape index (κ2) is 7.22. The molecule has 0 fully saturated rings. The van der Waals surface area contributed by atoms with Gasteiger partial charge in [-0.05, 0) is 26.3 Å². The van der Waals surface area contributed by atoms with Crippen molar-refractivity contribution in [2.45, 2.75) is 33.2 Å². The summed E-state index contributed by atoms with van der Waals surface area (Å²) in [7, 11) is 1.56. The van der Waals surface area contributed by atoms with Crippen LogP contribution < -0.4 is 15.4 Å². The highest BCUT2D eigenvalue weighted by molar-refractivity contribution is 7.09. The second-order valence-electron chi connectivity index (χ2n) is 4.83. The first-order valence-electron chi connectivity index (χ1n) is 7.07. The zero-order chi connectivity index (χ0) is 16.1. The summed E-state index contributed by atoms with van der Waals surface area (Å²) in [5.41, 5.74) is 2.23. The van der Waals surface area contributed by atoms with Crippen LogP contribution in [0.3, 0.4) is 0 Å². The summed E-state index contributed by atoms with van der Waals surface area (Å²) in [4.78, 5) is 20.8. The number of aromatic nitrogens is 2. The Balaban J connectivity index is 1.97. The number of urea groups is 1. The minimum absolute atomic E-state index is 0.150. The van der Waals surface area contributed by atoms with E-state index in [1.807, 2.05) is 19.2 Å². The minimum Gasteiger partial charge on any atom is -0.481 e. The van der Waals surface area contributed by atoms with E-state index in [4.69, 9.17) is 4.74 Å². The SMILES string of the molecule is CCc1nc([C@@H](C)NC(=O)Nc2ccc(OC)nc2C)cs1. The van der Waals surface area contributed by atoms with Crippen LogP contribution in [0, 0.1) is 6.92 Å². The summed E-state index contributed by atoms with van der Waals surface area (Å²) in [6.45, 7) is 5.79. The van der Waals surface area contributed by atoms with Crippen molar-refractivity contribution in [2.24, 2.45) is 0 Å². The Morgan fingerprint density at radius 3 is 2.77 bits per heavy atom. The van der Waals surface area contributed by atoms with Gasteiger partial charge in [0.15, 0.2) is 0 Å². The van der Waals surface area contributed by atoms with Gasteiger partial charge in [-0.3, -0.25) is 0 Å². The molecule has 7 heteroatoms. The molecule has 2 amide bonds. The van der Waals surface area contributed by atoms with Crippen LogP contribution >= 0.6 is 11.3 Å². The van der Waals surface area contributed by atoms with Crippen LogP contribution in [0.15, 0.2) is 17.5 Å². The van der Waals surface area contributed by atoms with Gasteiger partial charge in [0.2, 0.25) is 5.88 Å². The van der Waals surface area contributed by atoms with Gasteiger partial charge in [0.1, 0.15) is 0 Å². The monoisotopic (exact) mass is 320 g/mol. The first kappa shape index (κ1) is 16.2. The van der Waals surface area contributed by atoms with Crippen molar-refractivity contribution in [3.05, 3.63) is 33.9 Å².